The molecule has 1 saturated heterocycles. The van der Waals surface area contributed by atoms with Gasteiger partial charge in [-0.3, -0.25) is 9.69 Å². The van der Waals surface area contributed by atoms with Gasteiger partial charge in [0.15, 0.2) is 5.78 Å². The van der Waals surface area contributed by atoms with Crippen LogP contribution in [0, 0.1) is 5.41 Å². The molecule has 1 aromatic carbocycles. The van der Waals surface area contributed by atoms with Crippen molar-refractivity contribution in [3.63, 3.8) is 0 Å². The average Bonchev–Trinajstić information content (AvgIpc) is 2.66. The van der Waals surface area contributed by atoms with Crippen molar-refractivity contribution in [1.29, 1.82) is 0 Å². The van der Waals surface area contributed by atoms with Crippen LogP contribution in [0.4, 0.5) is 0 Å². The fraction of sp³-hybridized carbons (Fsp3) is 0.632. The maximum Gasteiger partial charge on any atom is 0.179 e. The van der Waals surface area contributed by atoms with E-state index < -0.39 is 0 Å². The quantitative estimate of drug-likeness (QED) is 0.768. The van der Waals surface area contributed by atoms with Crippen molar-refractivity contribution >= 4 is 5.78 Å². The highest BCUT2D eigenvalue weighted by Crippen LogP contribution is 2.30. The molecule has 1 atom stereocenters. The minimum Gasteiger partial charge on any atom is -0.293 e. The Morgan fingerprint density at radius 2 is 1.86 bits per heavy atom. The standard InChI is InChI=1S/C19H29NO/c1-5-16-7-9-17(10-8-16)18(21)15(2)20-13-6-11-19(3,4)12-14-20/h7-10,15H,5-6,11-14H2,1-4H3. The summed E-state index contributed by atoms with van der Waals surface area (Å²) in [7, 11) is 0. The topological polar surface area (TPSA) is 20.3 Å². The van der Waals surface area contributed by atoms with Crippen LogP contribution in [0.5, 0.6) is 0 Å². The number of Topliss-reactive ketones (excluding diaryl/α,β-unsaturated/α-hetero) is 1. The summed E-state index contributed by atoms with van der Waals surface area (Å²) in [6, 6.07) is 8.11. The number of aryl methyl sites for hydroxylation is 1. The predicted octanol–water partition coefficient (Wildman–Crippen LogP) is 4.33. The molecule has 1 unspecified atom stereocenters. The lowest BCUT2D eigenvalue weighted by molar-refractivity contribution is 0.0838. The van der Waals surface area contributed by atoms with E-state index in [-0.39, 0.29) is 11.8 Å². The summed E-state index contributed by atoms with van der Waals surface area (Å²) >= 11 is 0. The molecule has 2 rings (SSSR count). The molecule has 0 radical (unpaired) electrons. The van der Waals surface area contributed by atoms with Crippen LogP contribution in [0.15, 0.2) is 24.3 Å². The van der Waals surface area contributed by atoms with E-state index in [9.17, 15) is 4.79 Å². The van der Waals surface area contributed by atoms with Gasteiger partial charge in [-0.1, -0.05) is 45.0 Å². The molecule has 1 aliphatic heterocycles. The predicted molar refractivity (Wildman–Crippen MR) is 88.8 cm³/mol. The second-order valence-corrected chi connectivity index (χ2v) is 7.14. The Hall–Kier alpha value is -1.15. The zero-order chi connectivity index (χ0) is 15.5. The van der Waals surface area contributed by atoms with Gasteiger partial charge in [-0.25, -0.2) is 0 Å². The first-order valence-electron chi connectivity index (χ1n) is 8.30. The van der Waals surface area contributed by atoms with Crippen LogP contribution in [0.25, 0.3) is 0 Å². The molecule has 0 aromatic heterocycles. The number of nitrogens with zero attached hydrogens (tertiary/aromatic N) is 1. The van der Waals surface area contributed by atoms with Gasteiger partial charge >= 0.3 is 0 Å². The van der Waals surface area contributed by atoms with E-state index in [1.807, 2.05) is 12.1 Å². The third-order valence-corrected chi connectivity index (χ3v) is 4.95. The summed E-state index contributed by atoms with van der Waals surface area (Å²) < 4.78 is 0. The first kappa shape index (κ1) is 16.2. The Balaban J connectivity index is 2.04. The van der Waals surface area contributed by atoms with Crippen molar-refractivity contribution in [1.82, 2.24) is 4.90 Å². The number of hydrogen-bond acceptors (Lipinski definition) is 2. The molecular weight excluding hydrogens is 258 g/mol. The SMILES string of the molecule is CCc1ccc(C(=O)C(C)N2CCCC(C)(C)CC2)cc1. The highest BCUT2D eigenvalue weighted by Gasteiger charge is 2.28. The lowest BCUT2D eigenvalue weighted by Gasteiger charge is -2.27. The molecular formula is C19H29NO. The summed E-state index contributed by atoms with van der Waals surface area (Å²) in [6.45, 7) is 11.0. The van der Waals surface area contributed by atoms with Gasteiger partial charge in [0.05, 0.1) is 6.04 Å². The highest BCUT2D eigenvalue weighted by molar-refractivity contribution is 5.99. The smallest absolute Gasteiger partial charge is 0.179 e. The van der Waals surface area contributed by atoms with E-state index in [0.29, 0.717) is 5.41 Å². The molecule has 0 aliphatic carbocycles. The van der Waals surface area contributed by atoms with E-state index in [1.165, 1.54) is 24.8 Å². The van der Waals surface area contributed by atoms with Crippen molar-refractivity contribution in [2.45, 2.75) is 59.4 Å². The summed E-state index contributed by atoms with van der Waals surface area (Å²) in [5, 5.41) is 0. The number of rotatable bonds is 4. The Bertz CT molecular complexity index is 475. The van der Waals surface area contributed by atoms with Crippen LogP contribution in [-0.2, 0) is 6.42 Å². The number of likely N-dealkylation sites (tertiary alicyclic amines) is 1. The van der Waals surface area contributed by atoms with Crippen LogP contribution in [0.3, 0.4) is 0 Å². The molecule has 0 bridgehead atoms. The summed E-state index contributed by atoms with van der Waals surface area (Å²) in [6.07, 6.45) is 4.65. The monoisotopic (exact) mass is 287 g/mol. The van der Waals surface area contributed by atoms with Crippen molar-refractivity contribution in [2.75, 3.05) is 13.1 Å². The molecule has 0 spiro atoms. The van der Waals surface area contributed by atoms with Gasteiger partial charge in [0, 0.05) is 5.56 Å². The first-order valence-corrected chi connectivity index (χ1v) is 8.30. The normalized spacial score (nSPS) is 20.8. The highest BCUT2D eigenvalue weighted by atomic mass is 16.1. The van der Waals surface area contributed by atoms with Gasteiger partial charge in [0.2, 0.25) is 0 Å². The number of ketones is 1. The molecule has 1 heterocycles. The molecule has 0 N–H and O–H groups in total. The van der Waals surface area contributed by atoms with Gasteiger partial charge in [0.25, 0.3) is 0 Å². The van der Waals surface area contributed by atoms with E-state index in [1.54, 1.807) is 0 Å². The Morgan fingerprint density at radius 3 is 2.48 bits per heavy atom. The molecule has 1 aromatic rings. The van der Waals surface area contributed by atoms with E-state index >= 15 is 0 Å². The maximum atomic E-state index is 12.7. The zero-order valence-corrected chi connectivity index (χ0v) is 14.0. The second-order valence-electron chi connectivity index (χ2n) is 7.14. The fourth-order valence-electron chi connectivity index (χ4n) is 3.14. The van der Waals surface area contributed by atoms with Gasteiger partial charge < -0.3 is 0 Å². The van der Waals surface area contributed by atoms with E-state index in [0.717, 1.165) is 25.1 Å². The van der Waals surface area contributed by atoms with E-state index in [2.05, 4.69) is 44.7 Å². The Labute approximate surface area is 129 Å². The van der Waals surface area contributed by atoms with Gasteiger partial charge in [-0.05, 0) is 56.7 Å². The molecule has 1 aliphatic rings. The first-order chi connectivity index (χ1) is 9.93. The maximum absolute atomic E-state index is 12.7. The molecule has 2 heteroatoms. The minimum atomic E-state index is -0.00798. The molecule has 21 heavy (non-hydrogen) atoms. The lowest BCUT2D eigenvalue weighted by Crippen LogP contribution is -2.40. The summed E-state index contributed by atoms with van der Waals surface area (Å²) in [5.41, 5.74) is 2.55. The molecule has 2 nitrogen and oxygen atoms in total. The fourth-order valence-corrected chi connectivity index (χ4v) is 3.14. The van der Waals surface area contributed by atoms with Crippen molar-refractivity contribution in [3.8, 4) is 0 Å². The number of hydrogen-bond donors (Lipinski definition) is 0. The number of carbonyl (C=O) groups is 1. The van der Waals surface area contributed by atoms with Crippen LogP contribution >= 0.6 is 0 Å². The van der Waals surface area contributed by atoms with Crippen molar-refractivity contribution < 1.29 is 4.79 Å². The average molecular weight is 287 g/mol. The number of carbonyl (C=O) groups excluding carboxylic acids is 1. The molecule has 116 valence electrons. The van der Waals surface area contributed by atoms with Crippen LogP contribution in [0.2, 0.25) is 0 Å². The summed E-state index contributed by atoms with van der Waals surface area (Å²) in [4.78, 5) is 15.0. The van der Waals surface area contributed by atoms with Crippen LogP contribution in [-0.4, -0.2) is 29.8 Å². The molecule has 1 fully saturated rings. The largest absolute Gasteiger partial charge is 0.293 e. The number of benzene rings is 1. The Morgan fingerprint density at radius 1 is 1.19 bits per heavy atom. The Kier molecular flexibility index (Phi) is 5.21. The zero-order valence-electron chi connectivity index (χ0n) is 14.0. The van der Waals surface area contributed by atoms with Crippen molar-refractivity contribution in [2.24, 2.45) is 5.41 Å². The minimum absolute atomic E-state index is 0.00798. The second kappa shape index (κ2) is 6.74. The van der Waals surface area contributed by atoms with Gasteiger partial charge in [-0.2, -0.15) is 0 Å². The van der Waals surface area contributed by atoms with E-state index in [4.69, 9.17) is 0 Å². The van der Waals surface area contributed by atoms with Gasteiger partial charge in [-0.15, -0.1) is 0 Å². The van der Waals surface area contributed by atoms with Crippen LogP contribution in [0.1, 0.15) is 62.9 Å². The van der Waals surface area contributed by atoms with Crippen LogP contribution < -0.4 is 0 Å². The third kappa shape index (κ3) is 4.16. The third-order valence-electron chi connectivity index (χ3n) is 4.95. The van der Waals surface area contributed by atoms with Gasteiger partial charge in [0.1, 0.15) is 0 Å². The summed E-state index contributed by atoms with van der Waals surface area (Å²) in [5.74, 6) is 0.261. The van der Waals surface area contributed by atoms with Crippen molar-refractivity contribution in [3.05, 3.63) is 35.4 Å². The molecule has 0 amide bonds. The lowest BCUT2D eigenvalue weighted by atomic mass is 9.85. The molecule has 0 saturated carbocycles.